The number of esters is 2. The maximum atomic E-state index is 13.5. The zero-order valence-corrected chi connectivity index (χ0v) is 21.2. The SMILES string of the molecule is COC(=O)CN(C)S(=O)(=O)c1c(S(=O)(=O)N(C)CC(=O)OC)c(C)n(-c2ccc(F)cc2)c1C. The minimum absolute atomic E-state index is 0.00543. The maximum absolute atomic E-state index is 13.5. The van der Waals surface area contributed by atoms with E-state index in [1.54, 1.807) is 0 Å². The van der Waals surface area contributed by atoms with Crippen LogP contribution in [0.25, 0.3) is 5.69 Å². The van der Waals surface area contributed by atoms with Crippen LogP contribution < -0.4 is 0 Å². The molecule has 0 radical (unpaired) electrons. The first kappa shape index (κ1) is 27.4. The fraction of sp³-hybridized carbons (Fsp3) is 0.400. The third kappa shape index (κ3) is 5.14. The highest BCUT2D eigenvalue weighted by Crippen LogP contribution is 2.36. The summed E-state index contributed by atoms with van der Waals surface area (Å²) in [7, 11) is -4.74. The minimum atomic E-state index is -4.56. The third-order valence-electron chi connectivity index (χ3n) is 5.11. The number of sulfonamides is 2. The molecule has 0 saturated carbocycles. The molecule has 1 aromatic carbocycles. The molecule has 11 nitrogen and oxygen atoms in total. The van der Waals surface area contributed by atoms with Crippen molar-refractivity contribution < 1.29 is 40.3 Å². The second-order valence-electron chi connectivity index (χ2n) is 7.32. The summed E-state index contributed by atoms with van der Waals surface area (Å²) < 4.78 is 79.2. The minimum Gasteiger partial charge on any atom is -0.468 e. The van der Waals surface area contributed by atoms with Crippen molar-refractivity contribution in [1.82, 2.24) is 13.2 Å². The quantitative estimate of drug-likeness (QED) is 0.445. The largest absolute Gasteiger partial charge is 0.468 e. The Balaban J connectivity index is 2.87. The summed E-state index contributed by atoms with van der Waals surface area (Å²) in [6, 6.07) is 5.00. The molecule has 14 heteroatoms. The monoisotopic (exact) mass is 519 g/mol. The molecule has 0 atom stereocenters. The van der Waals surface area contributed by atoms with Crippen molar-refractivity contribution in [3.8, 4) is 5.69 Å². The van der Waals surface area contributed by atoms with E-state index in [1.807, 2.05) is 0 Å². The van der Waals surface area contributed by atoms with Gasteiger partial charge in [-0.1, -0.05) is 0 Å². The second-order valence-corrected chi connectivity index (χ2v) is 11.3. The van der Waals surface area contributed by atoms with Crippen molar-refractivity contribution in [2.75, 3.05) is 41.4 Å². The summed E-state index contributed by atoms with van der Waals surface area (Å²) in [5.41, 5.74) is 0.317. The summed E-state index contributed by atoms with van der Waals surface area (Å²) >= 11 is 0. The zero-order valence-electron chi connectivity index (χ0n) is 19.5. The molecule has 2 rings (SSSR count). The number of benzene rings is 1. The van der Waals surface area contributed by atoms with Gasteiger partial charge in [0.25, 0.3) is 0 Å². The molecule has 34 heavy (non-hydrogen) atoms. The number of likely N-dealkylation sites (N-methyl/N-ethyl adjacent to an activating group) is 2. The average molecular weight is 520 g/mol. The topological polar surface area (TPSA) is 132 Å². The number of nitrogens with zero attached hydrogens (tertiary/aromatic N) is 3. The third-order valence-corrected chi connectivity index (χ3v) is 9.17. The highest BCUT2D eigenvalue weighted by atomic mass is 32.2. The Labute approximate surface area is 197 Å². The maximum Gasteiger partial charge on any atom is 0.321 e. The molecule has 1 heterocycles. The van der Waals surface area contributed by atoms with Gasteiger partial charge < -0.3 is 14.0 Å². The Bertz CT molecular complexity index is 1220. The lowest BCUT2D eigenvalue weighted by atomic mass is 10.3. The molecule has 0 saturated heterocycles. The molecular formula is C20H26FN3O8S2. The molecule has 0 N–H and O–H groups in total. The summed E-state index contributed by atoms with van der Waals surface area (Å²) in [6.07, 6.45) is 0. The average Bonchev–Trinajstić information content (AvgIpc) is 3.05. The fourth-order valence-electron chi connectivity index (χ4n) is 3.34. The molecule has 188 valence electrons. The van der Waals surface area contributed by atoms with Crippen molar-refractivity contribution in [1.29, 1.82) is 0 Å². The Morgan fingerprint density at radius 1 is 0.824 bits per heavy atom. The molecule has 0 fully saturated rings. The highest BCUT2D eigenvalue weighted by Gasteiger charge is 2.40. The standard InChI is InChI=1S/C20H26FN3O8S2/c1-13-19(33(27,28)22(3)11-17(25)31-5)20(34(29,30)23(4)12-18(26)32-6)14(2)24(13)16-9-7-15(21)8-10-16/h7-10H,11-12H2,1-6H3. The Hall–Kier alpha value is -2.81. The molecule has 0 spiro atoms. The lowest BCUT2D eigenvalue weighted by molar-refractivity contribution is -0.141. The van der Waals surface area contributed by atoms with Crippen LogP contribution in [0, 0.1) is 19.7 Å². The van der Waals surface area contributed by atoms with Gasteiger partial charge in [0.15, 0.2) is 0 Å². The van der Waals surface area contributed by atoms with Crippen molar-refractivity contribution in [3.05, 3.63) is 41.5 Å². The van der Waals surface area contributed by atoms with Gasteiger partial charge in [-0.25, -0.2) is 21.2 Å². The van der Waals surface area contributed by atoms with Crippen LogP contribution in [-0.4, -0.2) is 83.4 Å². The first-order valence-electron chi connectivity index (χ1n) is 9.74. The summed E-state index contributed by atoms with van der Waals surface area (Å²) in [4.78, 5) is 22.2. The van der Waals surface area contributed by atoms with E-state index in [-0.39, 0.29) is 11.4 Å². The number of aromatic nitrogens is 1. The lowest BCUT2D eigenvalue weighted by Gasteiger charge is -2.20. The van der Waals surface area contributed by atoms with Gasteiger partial charge in [-0.15, -0.1) is 0 Å². The predicted molar refractivity (Wildman–Crippen MR) is 119 cm³/mol. The van der Waals surface area contributed by atoms with E-state index in [0.717, 1.165) is 40.4 Å². The molecule has 0 unspecified atom stereocenters. The van der Waals surface area contributed by atoms with E-state index in [9.17, 15) is 30.8 Å². The van der Waals surface area contributed by atoms with Crippen molar-refractivity contribution >= 4 is 32.0 Å². The van der Waals surface area contributed by atoms with Crippen molar-refractivity contribution in [3.63, 3.8) is 0 Å². The van der Waals surface area contributed by atoms with Gasteiger partial charge in [0.1, 0.15) is 28.7 Å². The van der Waals surface area contributed by atoms with E-state index in [1.165, 1.54) is 30.5 Å². The van der Waals surface area contributed by atoms with Gasteiger partial charge >= 0.3 is 11.9 Å². The molecule has 0 aliphatic rings. The van der Waals surface area contributed by atoms with Crippen molar-refractivity contribution in [2.45, 2.75) is 23.6 Å². The lowest BCUT2D eigenvalue weighted by Crippen LogP contribution is -2.36. The Morgan fingerprint density at radius 2 is 1.18 bits per heavy atom. The van der Waals surface area contributed by atoms with E-state index in [2.05, 4.69) is 9.47 Å². The fourth-order valence-corrected chi connectivity index (χ4v) is 6.84. The van der Waals surface area contributed by atoms with Crippen molar-refractivity contribution in [2.24, 2.45) is 0 Å². The number of carbonyl (C=O) groups excluding carboxylic acids is 2. The van der Waals surface area contributed by atoms with Crippen LogP contribution in [-0.2, 0) is 39.1 Å². The van der Waals surface area contributed by atoms with Crippen LogP contribution in [0.3, 0.4) is 0 Å². The number of hydrogen-bond acceptors (Lipinski definition) is 8. The molecule has 0 aliphatic carbocycles. The van der Waals surface area contributed by atoms with Crippen LogP contribution in [0.1, 0.15) is 11.4 Å². The smallest absolute Gasteiger partial charge is 0.321 e. The van der Waals surface area contributed by atoms with Crippen LogP contribution in [0.2, 0.25) is 0 Å². The van der Waals surface area contributed by atoms with Gasteiger partial charge in [-0.3, -0.25) is 9.59 Å². The summed E-state index contributed by atoms with van der Waals surface area (Å²) in [5.74, 6) is -2.25. The van der Waals surface area contributed by atoms with Crippen LogP contribution in [0.15, 0.2) is 34.1 Å². The van der Waals surface area contributed by atoms with Gasteiger partial charge in [-0.2, -0.15) is 8.61 Å². The number of hydrogen-bond donors (Lipinski definition) is 0. The number of ether oxygens (including phenoxy) is 2. The normalized spacial score (nSPS) is 12.3. The Kier molecular flexibility index (Phi) is 8.24. The number of methoxy groups -OCH3 is 2. The summed E-state index contributed by atoms with van der Waals surface area (Å²) in [5, 5.41) is 0. The van der Waals surface area contributed by atoms with Gasteiger partial charge in [0, 0.05) is 31.2 Å². The zero-order chi connectivity index (χ0) is 26.0. The molecule has 1 aromatic heterocycles. The second kappa shape index (κ2) is 10.2. The Morgan fingerprint density at radius 3 is 1.50 bits per heavy atom. The highest BCUT2D eigenvalue weighted by molar-refractivity contribution is 7.92. The van der Waals surface area contributed by atoms with Crippen LogP contribution in [0.4, 0.5) is 4.39 Å². The van der Waals surface area contributed by atoms with E-state index < -0.39 is 60.7 Å². The van der Waals surface area contributed by atoms with Gasteiger partial charge in [-0.05, 0) is 38.1 Å². The molecule has 0 bridgehead atoms. The van der Waals surface area contributed by atoms with Crippen LogP contribution in [0.5, 0.6) is 0 Å². The van der Waals surface area contributed by atoms with Gasteiger partial charge in [0.05, 0.1) is 14.2 Å². The first-order chi connectivity index (χ1) is 15.7. The number of halogens is 1. The van der Waals surface area contributed by atoms with Crippen LogP contribution >= 0.6 is 0 Å². The molecular weight excluding hydrogens is 493 g/mol. The number of rotatable bonds is 9. The van der Waals surface area contributed by atoms with E-state index in [0.29, 0.717) is 14.3 Å². The molecule has 0 aliphatic heterocycles. The van der Waals surface area contributed by atoms with Gasteiger partial charge in [0.2, 0.25) is 20.0 Å². The predicted octanol–water partition coefficient (Wildman–Crippen LogP) is 0.820. The summed E-state index contributed by atoms with van der Waals surface area (Å²) in [6.45, 7) is 1.43. The molecule has 0 amide bonds. The number of carbonyl (C=O) groups is 2. The van der Waals surface area contributed by atoms with E-state index >= 15 is 0 Å². The van der Waals surface area contributed by atoms with E-state index in [4.69, 9.17) is 0 Å². The first-order valence-corrected chi connectivity index (χ1v) is 12.6. The molecule has 2 aromatic rings.